The Morgan fingerprint density at radius 2 is 0.625 bits per heavy atom. The summed E-state index contributed by atoms with van der Waals surface area (Å²) < 4.78 is 33.5. The fraction of sp³-hybridized carbons (Fsp3) is 1.00. The monoisotopic (exact) mass is 898 g/mol. The van der Waals surface area contributed by atoms with Crippen molar-refractivity contribution >= 4 is 38.8 Å². The van der Waals surface area contributed by atoms with Gasteiger partial charge < -0.3 is 0 Å². The van der Waals surface area contributed by atoms with Gasteiger partial charge in [0.1, 0.15) is 0 Å². The fourth-order valence-corrected chi connectivity index (χ4v) is 43.3. The summed E-state index contributed by atoms with van der Waals surface area (Å²) >= 11 is -7.62. The van der Waals surface area contributed by atoms with Gasteiger partial charge in [-0.2, -0.15) is 0 Å². The van der Waals surface area contributed by atoms with E-state index in [1.807, 2.05) is 0 Å². The summed E-state index contributed by atoms with van der Waals surface area (Å²) in [5.74, 6) is 1.79. The molecule has 0 aromatic carbocycles. The molecule has 0 radical (unpaired) electrons. The first-order chi connectivity index (χ1) is 23.4. The molecule has 48 heavy (non-hydrogen) atoms. The van der Waals surface area contributed by atoms with Crippen molar-refractivity contribution in [2.45, 2.75) is 230 Å². The van der Waals surface area contributed by atoms with Gasteiger partial charge in [-0.1, -0.05) is 0 Å². The second kappa shape index (κ2) is 34.2. The number of unbranched alkanes of at least 4 members (excludes halogenated alkanes) is 15. The van der Waals surface area contributed by atoms with Crippen molar-refractivity contribution in [1.82, 2.24) is 0 Å². The molecule has 0 fully saturated rings. The number of hydrogen-bond donors (Lipinski definition) is 0. The Balaban J connectivity index is 6.64. The van der Waals surface area contributed by atoms with Crippen LogP contribution in [0.5, 0.6) is 0 Å². The minimum absolute atomic E-state index is 0.582. The Hall–Kier alpha value is 1.44. The molecule has 4 nitrogen and oxygen atoms in total. The summed E-state index contributed by atoms with van der Waals surface area (Å²) in [6.07, 6.45) is 30.7. The van der Waals surface area contributed by atoms with E-state index in [0.29, 0.717) is 17.8 Å². The van der Waals surface area contributed by atoms with Gasteiger partial charge >= 0.3 is 317 Å². The van der Waals surface area contributed by atoms with E-state index in [4.69, 9.17) is 10.6 Å². The molecule has 290 valence electrons. The van der Waals surface area contributed by atoms with E-state index in [-0.39, 0.29) is 0 Å². The van der Waals surface area contributed by atoms with E-state index in [1.165, 1.54) is 137 Å². The summed E-state index contributed by atoms with van der Waals surface area (Å²) in [6, 6.07) is 0. The topological polar surface area (TPSA) is 36.9 Å². The molecule has 0 aromatic rings. The van der Waals surface area contributed by atoms with E-state index in [2.05, 4.69) is 62.3 Å². The average molecular weight is 897 g/mol. The maximum absolute atomic E-state index is 7.98. The van der Waals surface area contributed by atoms with Crippen LogP contribution >= 0.6 is 0 Å². The Kier molecular flexibility index (Phi) is 35.2. The molecule has 0 aliphatic heterocycles. The molecule has 0 heterocycles. The maximum atomic E-state index is 7.98. The van der Waals surface area contributed by atoms with Gasteiger partial charge in [0.05, 0.1) is 0 Å². The van der Waals surface area contributed by atoms with Gasteiger partial charge in [0.25, 0.3) is 0 Å². The van der Waals surface area contributed by atoms with Gasteiger partial charge in [-0.05, 0) is 0 Å². The van der Waals surface area contributed by atoms with Crippen LogP contribution in [0, 0.1) is 17.8 Å². The van der Waals surface area contributed by atoms with Crippen LogP contribution in [0.3, 0.4) is 0 Å². The molecule has 0 aliphatic carbocycles. The first-order valence-corrected chi connectivity index (χ1v) is 33.9. The first kappa shape index (κ1) is 49.4. The first-order valence-electron chi connectivity index (χ1n) is 22.0. The molecule has 0 saturated heterocycles. The standard InChI is InChI=1S/3C8H17.3C6H13O.O.2Sn/c3*1-3-5-7-8-6-4-2;3*1-3-6(4-2)5-7;;;/h3*1,3-8H2,2H3;3*6H,3-5H2,1-2H3;;;/q;;;3*-1;;+1;+2. The third-order valence-electron chi connectivity index (χ3n) is 11.1. The van der Waals surface area contributed by atoms with Crippen molar-refractivity contribution < 1.29 is 10.6 Å². The van der Waals surface area contributed by atoms with E-state index in [9.17, 15) is 0 Å². The zero-order valence-corrected chi connectivity index (χ0v) is 40.3. The Morgan fingerprint density at radius 1 is 0.333 bits per heavy atom. The molecule has 0 aromatic heterocycles. The van der Waals surface area contributed by atoms with Crippen LogP contribution in [0.2, 0.25) is 13.3 Å². The van der Waals surface area contributed by atoms with Crippen LogP contribution in [-0.2, 0) is 10.6 Å². The van der Waals surface area contributed by atoms with E-state index < -0.39 is 38.8 Å². The molecular formula is C42H90O4Sn2. The zero-order chi connectivity index (χ0) is 35.8. The summed E-state index contributed by atoms with van der Waals surface area (Å²) in [5, 5.41) is 0. The Labute approximate surface area is 314 Å². The Bertz CT molecular complexity index is 620. The SMILES string of the molecule is CCCCCCC[CH2][Sn]([CH2]CCCCCCC)([O]CC(CC)CC)[O][Sn]([CH2]CCCCCCC)([O]CC(CC)CC)[O]CC(CC)CC. The van der Waals surface area contributed by atoms with E-state index >= 15 is 0 Å². The van der Waals surface area contributed by atoms with Gasteiger partial charge in [-0.3, -0.25) is 0 Å². The van der Waals surface area contributed by atoms with Crippen molar-refractivity contribution in [3.63, 3.8) is 0 Å². The number of hydrogen-bond acceptors (Lipinski definition) is 4. The summed E-state index contributed by atoms with van der Waals surface area (Å²) in [7, 11) is 0. The van der Waals surface area contributed by atoms with E-state index in [1.54, 1.807) is 0 Å². The normalized spacial score (nSPS) is 12.8. The van der Waals surface area contributed by atoms with Gasteiger partial charge in [-0.15, -0.1) is 0 Å². The van der Waals surface area contributed by atoms with Crippen LogP contribution in [0.1, 0.15) is 216 Å². The molecule has 0 unspecified atom stereocenters. The summed E-state index contributed by atoms with van der Waals surface area (Å²) in [6.45, 7) is 23.5. The molecule has 0 aliphatic rings. The molecule has 0 atom stereocenters. The zero-order valence-electron chi connectivity index (χ0n) is 34.6. The second-order valence-corrected chi connectivity index (χ2v) is 35.6. The summed E-state index contributed by atoms with van der Waals surface area (Å²) in [5.41, 5.74) is 0. The second-order valence-electron chi connectivity index (χ2n) is 15.2. The molecule has 0 bridgehead atoms. The van der Waals surface area contributed by atoms with Crippen molar-refractivity contribution in [2.75, 3.05) is 19.8 Å². The minimum atomic E-state index is -4.00. The molecule has 6 heteroatoms. The predicted octanol–water partition coefficient (Wildman–Crippen LogP) is 14.8. The van der Waals surface area contributed by atoms with Gasteiger partial charge in [0.2, 0.25) is 0 Å². The third-order valence-corrected chi connectivity index (χ3v) is 40.7. The number of rotatable bonds is 38. The predicted molar refractivity (Wildman–Crippen MR) is 217 cm³/mol. The van der Waals surface area contributed by atoms with Gasteiger partial charge in [-0.25, -0.2) is 0 Å². The van der Waals surface area contributed by atoms with Crippen LogP contribution in [0.25, 0.3) is 0 Å². The van der Waals surface area contributed by atoms with Crippen LogP contribution < -0.4 is 0 Å². The Morgan fingerprint density at radius 3 is 0.958 bits per heavy atom. The molecule has 0 amide bonds. The molecular weight excluding hydrogens is 806 g/mol. The third kappa shape index (κ3) is 24.6. The van der Waals surface area contributed by atoms with E-state index in [0.717, 1.165) is 49.9 Å². The summed E-state index contributed by atoms with van der Waals surface area (Å²) in [4.78, 5) is 0. The molecule has 0 spiro atoms. The average Bonchev–Trinajstić information content (AvgIpc) is 3.10. The van der Waals surface area contributed by atoms with Crippen LogP contribution in [0.4, 0.5) is 0 Å². The molecule has 0 saturated carbocycles. The van der Waals surface area contributed by atoms with Gasteiger partial charge in [0.15, 0.2) is 0 Å². The van der Waals surface area contributed by atoms with Crippen LogP contribution in [-0.4, -0.2) is 58.6 Å². The quantitative estimate of drug-likeness (QED) is 0.0457. The molecule has 0 rings (SSSR count). The van der Waals surface area contributed by atoms with Crippen molar-refractivity contribution in [3.05, 3.63) is 0 Å². The van der Waals surface area contributed by atoms with Crippen molar-refractivity contribution in [1.29, 1.82) is 0 Å². The van der Waals surface area contributed by atoms with Gasteiger partial charge in [0, 0.05) is 0 Å². The fourth-order valence-electron chi connectivity index (χ4n) is 6.78. The van der Waals surface area contributed by atoms with Crippen molar-refractivity contribution in [2.24, 2.45) is 17.8 Å². The molecule has 0 N–H and O–H groups in total. The van der Waals surface area contributed by atoms with Crippen LogP contribution in [0.15, 0.2) is 0 Å². The van der Waals surface area contributed by atoms with Crippen molar-refractivity contribution in [3.8, 4) is 0 Å².